The van der Waals surface area contributed by atoms with Gasteiger partial charge in [-0.1, -0.05) is 12.1 Å². The number of nitrogens with zero attached hydrogens (tertiary/aromatic N) is 2. The molecule has 2 aliphatic rings. The molecule has 0 bridgehead atoms. The third kappa shape index (κ3) is 3.45. The lowest BCUT2D eigenvalue weighted by atomic mass is 9.94. The summed E-state index contributed by atoms with van der Waals surface area (Å²) in [4.78, 5) is 37.0. The highest BCUT2D eigenvalue weighted by Crippen LogP contribution is 2.30. The van der Waals surface area contributed by atoms with E-state index in [0.717, 1.165) is 0 Å². The van der Waals surface area contributed by atoms with Crippen molar-refractivity contribution in [2.75, 3.05) is 26.3 Å². The van der Waals surface area contributed by atoms with Crippen LogP contribution in [-0.2, 0) is 9.53 Å². The number of nitro benzene ring substituents is 1. The van der Waals surface area contributed by atoms with Gasteiger partial charge in [0.15, 0.2) is 0 Å². The van der Waals surface area contributed by atoms with Crippen molar-refractivity contribution < 1.29 is 19.2 Å². The van der Waals surface area contributed by atoms with Gasteiger partial charge >= 0.3 is 6.03 Å². The smallest absolute Gasteiger partial charge is 0.319 e. The molecule has 3 amide bonds. The molecule has 25 heavy (non-hydrogen) atoms. The highest BCUT2D eigenvalue weighted by Gasteiger charge is 2.34. The zero-order valence-corrected chi connectivity index (χ0v) is 13.7. The molecular weight excluding hydrogens is 328 g/mol. The van der Waals surface area contributed by atoms with Crippen LogP contribution in [0, 0.1) is 10.1 Å². The molecule has 0 aromatic heterocycles. The van der Waals surface area contributed by atoms with Crippen molar-refractivity contribution in [1.29, 1.82) is 0 Å². The fourth-order valence-electron chi connectivity index (χ4n) is 2.98. The summed E-state index contributed by atoms with van der Waals surface area (Å²) in [6.07, 6.45) is 0. The maximum atomic E-state index is 13.0. The van der Waals surface area contributed by atoms with Gasteiger partial charge in [0, 0.05) is 30.9 Å². The van der Waals surface area contributed by atoms with Crippen LogP contribution < -0.4 is 10.6 Å². The number of carbonyl (C=O) groups excluding carboxylic acids is 2. The molecule has 0 spiro atoms. The lowest BCUT2D eigenvalue weighted by Gasteiger charge is -2.33. The summed E-state index contributed by atoms with van der Waals surface area (Å²) in [5.74, 6) is -0.218. The Hall–Kier alpha value is -2.94. The minimum absolute atomic E-state index is 0.0962. The Bertz CT molecular complexity index is 755. The van der Waals surface area contributed by atoms with Gasteiger partial charge in [0.1, 0.15) is 0 Å². The topological polar surface area (TPSA) is 114 Å². The number of nitrogens with one attached hydrogen (secondary N) is 2. The monoisotopic (exact) mass is 346 g/mol. The van der Waals surface area contributed by atoms with Crippen molar-refractivity contribution >= 4 is 17.6 Å². The summed E-state index contributed by atoms with van der Waals surface area (Å²) in [7, 11) is 0. The fraction of sp³-hybridized carbons (Fsp3) is 0.375. The predicted octanol–water partition coefficient (Wildman–Crippen LogP) is 1.08. The Labute approximate surface area is 143 Å². The largest absolute Gasteiger partial charge is 0.378 e. The lowest BCUT2D eigenvalue weighted by Crippen LogP contribution is -2.49. The van der Waals surface area contributed by atoms with E-state index in [1.807, 2.05) is 0 Å². The number of hydrogen-bond donors (Lipinski definition) is 2. The van der Waals surface area contributed by atoms with E-state index in [2.05, 4.69) is 10.6 Å². The predicted molar refractivity (Wildman–Crippen MR) is 87.6 cm³/mol. The van der Waals surface area contributed by atoms with Crippen molar-refractivity contribution in [2.45, 2.75) is 13.0 Å². The first-order valence-corrected chi connectivity index (χ1v) is 7.87. The normalized spacial score (nSPS) is 20.8. The van der Waals surface area contributed by atoms with Crippen LogP contribution in [-0.4, -0.2) is 48.1 Å². The maximum Gasteiger partial charge on any atom is 0.319 e. The Kier molecular flexibility index (Phi) is 4.66. The van der Waals surface area contributed by atoms with Gasteiger partial charge in [0.05, 0.1) is 29.8 Å². The van der Waals surface area contributed by atoms with E-state index in [4.69, 9.17) is 4.74 Å². The molecule has 1 aromatic rings. The average Bonchev–Trinajstić information content (AvgIpc) is 2.61. The van der Waals surface area contributed by atoms with Crippen LogP contribution in [0.1, 0.15) is 18.5 Å². The summed E-state index contributed by atoms with van der Waals surface area (Å²) in [6, 6.07) is 4.73. The highest BCUT2D eigenvalue weighted by atomic mass is 16.6. The summed E-state index contributed by atoms with van der Waals surface area (Å²) in [5.41, 5.74) is 1.21. The van der Waals surface area contributed by atoms with Crippen LogP contribution >= 0.6 is 0 Å². The number of urea groups is 1. The van der Waals surface area contributed by atoms with Gasteiger partial charge in [0.2, 0.25) is 0 Å². The van der Waals surface area contributed by atoms with Crippen LogP contribution in [0.5, 0.6) is 0 Å². The van der Waals surface area contributed by atoms with E-state index >= 15 is 0 Å². The minimum Gasteiger partial charge on any atom is -0.378 e. The molecule has 2 aliphatic heterocycles. The van der Waals surface area contributed by atoms with Crippen LogP contribution in [0.2, 0.25) is 0 Å². The molecule has 2 heterocycles. The SMILES string of the molecule is CC1=C(C(=O)N2CCOCC2)[C@@H](c2cccc([N+](=O)[O-])c2)NC(=O)N1. The standard InChI is InChI=1S/C16H18N4O5/c1-10-13(15(21)19-5-7-25-8-6-19)14(18-16(22)17-10)11-3-2-4-12(9-11)20(23)24/h2-4,9,14H,5-8H2,1H3,(H2,17,18,22)/t14-/m1/s1. The zero-order chi connectivity index (χ0) is 18.0. The number of hydrogen-bond acceptors (Lipinski definition) is 5. The first-order chi connectivity index (χ1) is 12.0. The molecule has 1 aromatic carbocycles. The van der Waals surface area contributed by atoms with Gasteiger partial charge in [-0.05, 0) is 12.5 Å². The maximum absolute atomic E-state index is 13.0. The van der Waals surface area contributed by atoms with Crippen LogP contribution in [0.15, 0.2) is 35.5 Å². The van der Waals surface area contributed by atoms with Crippen molar-refractivity contribution in [3.8, 4) is 0 Å². The van der Waals surface area contributed by atoms with E-state index in [9.17, 15) is 19.7 Å². The number of carbonyl (C=O) groups is 2. The summed E-state index contributed by atoms with van der Waals surface area (Å²) >= 11 is 0. The van der Waals surface area contributed by atoms with E-state index in [-0.39, 0.29) is 11.6 Å². The van der Waals surface area contributed by atoms with Gasteiger partial charge in [-0.3, -0.25) is 14.9 Å². The number of non-ortho nitro benzene ring substituents is 1. The van der Waals surface area contributed by atoms with Crippen molar-refractivity contribution in [1.82, 2.24) is 15.5 Å². The van der Waals surface area contributed by atoms with Crippen molar-refractivity contribution in [2.24, 2.45) is 0 Å². The molecule has 3 rings (SSSR count). The van der Waals surface area contributed by atoms with E-state index < -0.39 is 17.0 Å². The Balaban J connectivity index is 1.99. The second-order valence-electron chi connectivity index (χ2n) is 5.83. The molecule has 9 heteroatoms. The number of benzene rings is 1. The molecule has 0 radical (unpaired) electrons. The molecule has 0 saturated carbocycles. The van der Waals surface area contributed by atoms with Gasteiger partial charge in [-0.2, -0.15) is 0 Å². The first kappa shape index (κ1) is 16.9. The third-order valence-electron chi connectivity index (χ3n) is 4.21. The van der Waals surface area contributed by atoms with Crippen molar-refractivity contribution in [3.05, 3.63) is 51.2 Å². The lowest BCUT2D eigenvalue weighted by molar-refractivity contribution is -0.384. The van der Waals surface area contributed by atoms with Crippen LogP contribution in [0.3, 0.4) is 0 Å². The van der Waals surface area contributed by atoms with Gasteiger partial charge in [-0.25, -0.2) is 4.79 Å². The highest BCUT2D eigenvalue weighted by molar-refractivity contribution is 5.98. The van der Waals surface area contributed by atoms with Gasteiger partial charge in [-0.15, -0.1) is 0 Å². The molecule has 0 aliphatic carbocycles. The Morgan fingerprint density at radius 1 is 1.36 bits per heavy atom. The summed E-state index contributed by atoms with van der Waals surface area (Å²) < 4.78 is 5.26. The second-order valence-corrected chi connectivity index (χ2v) is 5.83. The molecule has 2 N–H and O–H groups in total. The number of allylic oxidation sites excluding steroid dienone is 1. The average molecular weight is 346 g/mol. The number of amides is 3. The second kappa shape index (κ2) is 6.89. The number of morpholine rings is 1. The van der Waals surface area contributed by atoms with Crippen LogP contribution in [0.4, 0.5) is 10.5 Å². The molecular formula is C16H18N4O5. The molecule has 132 valence electrons. The molecule has 1 saturated heterocycles. The minimum atomic E-state index is -0.746. The molecule has 9 nitrogen and oxygen atoms in total. The quantitative estimate of drug-likeness (QED) is 0.628. The molecule has 1 fully saturated rings. The first-order valence-electron chi connectivity index (χ1n) is 7.87. The van der Waals surface area contributed by atoms with E-state index in [1.165, 1.54) is 18.2 Å². The summed E-state index contributed by atoms with van der Waals surface area (Å²) in [6.45, 7) is 3.49. The summed E-state index contributed by atoms with van der Waals surface area (Å²) in [5, 5.41) is 16.3. The molecule has 1 atom stereocenters. The number of nitro groups is 1. The third-order valence-corrected chi connectivity index (χ3v) is 4.21. The van der Waals surface area contributed by atoms with Gasteiger partial charge in [0.25, 0.3) is 11.6 Å². The van der Waals surface area contributed by atoms with E-state index in [0.29, 0.717) is 43.1 Å². The zero-order valence-electron chi connectivity index (χ0n) is 13.7. The number of ether oxygens (including phenoxy) is 1. The fourth-order valence-corrected chi connectivity index (χ4v) is 2.98. The van der Waals surface area contributed by atoms with Gasteiger partial charge < -0.3 is 20.3 Å². The Morgan fingerprint density at radius 2 is 2.08 bits per heavy atom. The van der Waals surface area contributed by atoms with E-state index in [1.54, 1.807) is 17.9 Å². The van der Waals surface area contributed by atoms with Crippen molar-refractivity contribution in [3.63, 3.8) is 0 Å². The van der Waals surface area contributed by atoms with Crippen LogP contribution in [0.25, 0.3) is 0 Å². The Morgan fingerprint density at radius 3 is 2.76 bits per heavy atom. The molecule has 0 unspecified atom stereocenters. The number of rotatable bonds is 3.